The zero-order chi connectivity index (χ0) is 19.3. The summed E-state index contributed by atoms with van der Waals surface area (Å²) in [7, 11) is 0. The van der Waals surface area contributed by atoms with Crippen molar-refractivity contribution in [3.8, 4) is 5.75 Å². The van der Waals surface area contributed by atoms with E-state index in [1.165, 1.54) is 11.6 Å². The van der Waals surface area contributed by atoms with Crippen molar-refractivity contribution in [2.45, 2.75) is 41.0 Å². The maximum Gasteiger partial charge on any atom is 0.342 e. The Kier molecular flexibility index (Phi) is 6.50. The second-order valence-corrected chi connectivity index (χ2v) is 6.75. The van der Waals surface area contributed by atoms with E-state index in [1.54, 1.807) is 13.8 Å². The summed E-state index contributed by atoms with van der Waals surface area (Å²) in [6.45, 7) is 9.89. The number of carbonyl (C=O) groups is 1. The van der Waals surface area contributed by atoms with Crippen molar-refractivity contribution in [3.05, 3.63) is 52.6 Å². The fraction of sp³-hybridized carbons (Fsp3) is 0.381. The number of phenols is 1. The fourth-order valence-corrected chi connectivity index (χ4v) is 2.84. The Hall–Kier alpha value is -2.69. The molecular formula is C21H26N2O3. The van der Waals surface area contributed by atoms with E-state index in [0.717, 1.165) is 17.7 Å². The third kappa shape index (κ3) is 4.69. The molecule has 0 unspecified atom stereocenters. The fourth-order valence-electron chi connectivity index (χ4n) is 2.84. The molecule has 0 amide bonds. The van der Waals surface area contributed by atoms with Gasteiger partial charge < -0.3 is 9.84 Å². The molecule has 0 fully saturated rings. The number of esters is 1. The number of carbonyl (C=O) groups excluding carboxylic acids is 1. The number of aromatic hydroxyl groups is 1. The first-order chi connectivity index (χ1) is 12.3. The number of hydrogen-bond donors (Lipinski definition) is 1. The first-order valence-corrected chi connectivity index (χ1v) is 8.84. The lowest BCUT2D eigenvalue weighted by atomic mass is 10.0. The molecule has 0 heterocycles. The Morgan fingerprint density at radius 1 is 1.15 bits per heavy atom. The predicted molar refractivity (Wildman–Crippen MR) is 103 cm³/mol. The minimum absolute atomic E-state index is 0.101. The second-order valence-electron chi connectivity index (χ2n) is 6.75. The normalized spacial score (nSPS) is 11.3. The third-order valence-electron chi connectivity index (χ3n) is 4.04. The summed E-state index contributed by atoms with van der Waals surface area (Å²) in [5, 5.41) is 18.7. The Bertz CT molecular complexity index is 809. The molecule has 0 aliphatic heterocycles. The molecule has 0 saturated carbocycles. The second kappa shape index (κ2) is 8.61. The first-order valence-electron chi connectivity index (χ1n) is 8.84. The van der Waals surface area contributed by atoms with Crippen LogP contribution in [0.2, 0.25) is 0 Å². The SMILES string of the molecule is CCOC(=O)c1c(O)cc(C)c(N=Nc2ccc(CC(C)C)cc2)c1C. The van der Waals surface area contributed by atoms with Crippen LogP contribution in [0.25, 0.3) is 0 Å². The molecule has 0 aliphatic carbocycles. The molecular weight excluding hydrogens is 328 g/mol. The summed E-state index contributed by atoms with van der Waals surface area (Å²) in [4.78, 5) is 12.1. The van der Waals surface area contributed by atoms with E-state index in [0.29, 0.717) is 17.2 Å². The van der Waals surface area contributed by atoms with Crippen LogP contribution >= 0.6 is 0 Å². The molecule has 1 N–H and O–H groups in total. The quantitative estimate of drug-likeness (QED) is 0.526. The van der Waals surface area contributed by atoms with Gasteiger partial charge in [0.2, 0.25) is 0 Å². The van der Waals surface area contributed by atoms with Crippen molar-refractivity contribution in [1.29, 1.82) is 0 Å². The Labute approximate surface area is 154 Å². The van der Waals surface area contributed by atoms with Gasteiger partial charge in [-0.1, -0.05) is 26.0 Å². The van der Waals surface area contributed by atoms with Crippen molar-refractivity contribution in [2.24, 2.45) is 16.1 Å². The average molecular weight is 354 g/mol. The molecule has 0 spiro atoms. The Morgan fingerprint density at radius 2 is 1.81 bits per heavy atom. The minimum Gasteiger partial charge on any atom is -0.507 e. The molecule has 5 nitrogen and oxygen atoms in total. The van der Waals surface area contributed by atoms with Crippen LogP contribution in [0.3, 0.4) is 0 Å². The molecule has 0 bridgehead atoms. The van der Waals surface area contributed by atoms with E-state index in [-0.39, 0.29) is 17.9 Å². The highest BCUT2D eigenvalue weighted by molar-refractivity contribution is 5.96. The van der Waals surface area contributed by atoms with Gasteiger partial charge in [0.05, 0.1) is 18.0 Å². The van der Waals surface area contributed by atoms with Crippen LogP contribution in [0.4, 0.5) is 11.4 Å². The maximum absolute atomic E-state index is 12.1. The van der Waals surface area contributed by atoms with Gasteiger partial charge in [0, 0.05) is 0 Å². The van der Waals surface area contributed by atoms with Crippen molar-refractivity contribution in [1.82, 2.24) is 0 Å². The van der Waals surface area contributed by atoms with Crippen LogP contribution in [0.1, 0.15) is 47.8 Å². The highest BCUT2D eigenvalue weighted by Gasteiger charge is 2.20. The molecule has 0 aliphatic rings. The average Bonchev–Trinajstić information content (AvgIpc) is 2.55. The van der Waals surface area contributed by atoms with Gasteiger partial charge in [-0.25, -0.2) is 4.79 Å². The molecule has 5 heteroatoms. The number of benzene rings is 2. The number of aryl methyl sites for hydroxylation is 1. The zero-order valence-electron chi connectivity index (χ0n) is 16.0. The van der Waals surface area contributed by atoms with Crippen LogP contribution in [0, 0.1) is 19.8 Å². The number of phenolic OH excluding ortho intramolecular Hbond substituents is 1. The van der Waals surface area contributed by atoms with Gasteiger partial charge in [-0.3, -0.25) is 0 Å². The number of nitrogens with zero attached hydrogens (tertiary/aromatic N) is 2. The topological polar surface area (TPSA) is 71.2 Å². The van der Waals surface area contributed by atoms with Gasteiger partial charge in [0.15, 0.2) is 0 Å². The molecule has 26 heavy (non-hydrogen) atoms. The molecule has 0 aromatic heterocycles. The lowest BCUT2D eigenvalue weighted by Gasteiger charge is -2.12. The number of ether oxygens (including phenoxy) is 1. The molecule has 0 saturated heterocycles. The van der Waals surface area contributed by atoms with Gasteiger partial charge in [-0.05, 0) is 68.0 Å². The Morgan fingerprint density at radius 3 is 2.38 bits per heavy atom. The highest BCUT2D eigenvalue weighted by Crippen LogP contribution is 2.34. The predicted octanol–water partition coefficient (Wildman–Crippen LogP) is 5.80. The summed E-state index contributed by atoms with van der Waals surface area (Å²) >= 11 is 0. The lowest BCUT2D eigenvalue weighted by Crippen LogP contribution is -2.07. The van der Waals surface area contributed by atoms with Crippen LogP contribution in [-0.4, -0.2) is 17.7 Å². The van der Waals surface area contributed by atoms with Crippen LogP contribution < -0.4 is 0 Å². The summed E-state index contributed by atoms with van der Waals surface area (Å²) in [5.41, 5.74) is 4.01. The molecule has 0 radical (unpaired) electrons. The summed E-state index contributed by atoms with van der Waals surface area (Å²) in [5.74, 6) is -0.0569. The summed E-state index contributed by atoms with van der Waals surface area (Å²) in [6.07, 6.45) is 1.02. The summed E-state index contributed by atoms with van der Waals surface area (Å²) in [6, 6.07) is 9.47. The van der Waals surface area contributed by atoms with E-state index in [4.69, 9.17) is 4.74 Å². The molecule has 138 valence electrons. The van der Waals surface area contributed by atoms with Gasteiger partial charge in [-0.15, -0.1) is 5.11 Å². The van der Waals surface area contributed by atoms with Crippen molar-refractivity contribution in [2.75, 3.05) is 6.61 Å². The monoisotopic (exact) mass is 354 g/mol. The highest BCUT2D eigenvalue weighted by atomic mass is 16.5. The van der Waals surface area contributed by atoms with Crippen molar-refractivity contribution < 1.29 is 14.6 Å². The third-order valence-corrected chi connectivity index (χ3v) is 4.04. The van der Waals surface area contributed by atoms with Crippen molar-refractivity contribution in [3.63, 3.8) is 0 Å². The van der Waals surface area contributed by atoms with Crippen LogP contribution in [-0.2, 0) is 11.2 Å². The molecule has 2 aromatic rings. The lowest BCUT2D eigenvalue weighted by molar-refractivity contribution is 0.0522. The minimum atomic E-state index is -0.558. The van der Waals surface area contributed by atoms with Gasteiger partial charge in [0.1, 0.15) is 11.3 Å². The van der Waals surface area contributed by atoms with E-state index < -0.39 is 5.97 Å². The first kappa shape index (κ1) is 19.6. The maximum atomic E-state index is 12.1. The van der Waals surface area contributed by atoms with Gasteiger partial charge in [-0.2, -0.15) is 5.11 Å². The Balaban J connectivity index is 2.32. The molecule has 2 rings (SSSR count). The van der Waals surface area contributed by atoms with E-state index in [9.17, 15) is 9.90 Å². The van der Waals surface area contributed by atoms with Crippen LogP contribution in [0.15, 0.2) is 40.6 Å². The van der Waals surface area contributed by atoms with E-state index in [1.807, 2.05) is 19.1 Å². The zero-order valence-corrected chi connectivity index (χ0v) is 16.0. The summed E-state index contributed by atoms with van der Waals surface area (Å²) < 4.78 is 5.02. The number of rotatable bonds is 6. The van der Waals surface area contributed by atoms with E-state index in [2.05, 4.69) is 36.2 Å². The number of azo groups is 1. The molecule has 2 aromatic carbocycles. The van der Waals surface area contributed by atoms with Crippen molar-refractivity contribution >= 4 is 17.3 Å². The standard InChI is InChI=1S/C21H26N2O3/c1-6-26-21(25)19-15(5)20(14(4)12-18(19)24)23-22-17-9-7-16(8-10-17)11-13(2)3/h7-10,12-13,24H,6,11H2,1-5H3. The van der Waals surface area contributed by atoms with Gasteiger partial charge in [0.25, 0.3) is 0 Å². The smallest absolute Gasteiger partial charge is 0.342 e. The molecule has 0 atom stereocenters. The van der Waals surface area contributed by atoms with Crippen LogP contribution in [0.5, 0.6) is 5.75 Å². The van der Waals surface area contributed by atoms with Gasteiger partial charge >= 0.3 is 5.97 Å². The largest absolute Gasteiger partial charge is 0.507 e. The number of hydrogen-bond acceptors (Lipinski definition) is 5. The van der Waals surface area contributed by atoms with E-state index >= 15 is 0 Å².